The van der Waals surface area contributed by atoms with Crippen molar-refractivity contribution in [1.29, 1.82) is 0 Å². The summed E-state index contributed by atoms with van der Waals surface area (Å²) in [6.07, 6.45) is 1.39. The van der Waals surface area contributed by atoms with Crippen LogP contribution in [0.4, 0.5) is 5.69 Å². The Morgan fingerprint density at radius 2 is 1.95 bits per heavy atom. The number of carbonyl (C=O) groups is 2. The molecule has 0 N–H and O–H groups in total. The van der Waals surface area contributed by atoms with Crippen molar-refractivity contribution in [2.75, 3.05) is 18.6 Å². The molecule has 106 valence electrons. The number of carbonyl (C=O) groups excluding carboxylic acids is 2. The number of likely N-dealkylation sites (N-methyl/N-ethyl adjacent to an activating group) is 1. The molecule has 0 spiro atoms. The molecule has 4 nitrogen and oxygen atoms in total. The van der Waals surface area contributed by atoms with E-state index in [9.17, 15) is 9.59 Å². The molecule has 0 amide bonds. The van der Waals surface area contributed by atoms with Gasteiger partial charge in [-0.3, -0.25) is 4.79 Å². The predicted octanol–water partition coefficient (Wildman–Crippen LogP) is 2.43. The third kappa shape index (κ3) is 2.22. The van der Waals surface area contributed by atoms with Gasteiger partial charge in [0.15, 0.2) is 0 Å². The van der Waals surface area contributed by atoms with Crippen molar-refractivity contribution in [1.82, 2.24) is 0 Å². The number of esters is 1. The summed E-state index contributed by atoms with van der Waals surface area (Å²) in [5, 5.41) is 0. The molecule has 0 fully saturated rings. The van der Waals surface area contributed by atoms with E-state index in [0.29, 0.717) is 0 Å². The Morgan fingerprint density at radius 1 is 1.30 bits per heavy atom. The third-order valence-corrected chi connectivity index (χ3v) is 3.68. The Kier molecular flexibility index (Phi) is 3.66. The minimum Gasteiger partial charge on any atom is -0.460 e. The molecule has 1 aromatic rings. The van der Waals surface area contributed by atoms with E-state index in [1.54, 1.807) is 6.92 Å². The normalized spacial score (nSPS) is 18.0. The lowest BCUT2D eigenvalue weighted by molar-refractivity contribution is -0.151. The van der Waals surface area contributed by atoms with Crippen LogP contribution in [0.15, 0.2) is 36.0 Å². The number of allylic oxidation sites excluding steroid dienone is 1. The maximum absolute atomic E-state index is 11.9. The number of hydrogen-bond donors (Lipinski definition) is 0. The van der Waals surface area contributed by atoms with Crippen LogP contribution in [0, 0.1) is 0 Å². The van der Waals surface area contributed by atoms with E-state index in [2.05, 4.69) is 0 Å². The van der Waals surface area contributed by atoms with Gasteiger partial charge in [0, 0.05) is 29.9 Å². The summed E-state index contributed by atoms with van der Waals surface area (Å²) in [4.78, 5) is 25.3. The zero-order chi connectivity index (χ0) is 14.9. The number of rotatable bonds is 3. The van der Waals surface area contributed by atoms with Crippen LogP contribution in [0.3, 0.4) is 0 Å². The fourth-order valence-corrected chi connectivity index (χ4v) is 2.64. The van der Waals surface area contributed by atoms with Crippen molar-refractivity contribution in [3.8, 4) is 0 Å². The fraction of sp³-hybridized carbons (Fsp3) is 0.375. The zero-order valence-corrected chi connectivity index (χ0v) is 12.3. The highest BCUT2D eigenvalue weighted by Crippen LogP contribution is 2.46. The summed E-state index contributed by atoms with van der Waals surface area (Å²) >= 11 is 0. The highest BCUT2D eigenvalue weighted by atomic mass is 16.5. The lowest BCUT2D eigenvalue weighted by Gasteiger charge is -2.23. The summed E-state index contributed by atoms with van der Waals surface area (Å²) in [5.74, 6) is -1.42. The quantitative estimate of drug-likeness (QED) is 0.482. The van der Waals surface area contributed by atoms with Gasteiger partial charge in [-0.1, -0.05) is 32.0 Å². The average molecular weight is 273 g/mol. The maximum atomic E-state index is 11.9. The van der Waals surface area contributed by atoms with E-state index in [4.69, 9.17) is 4.74 Å². The van der Waals surface area contributed by atoms with Crippen LogP contribution >= 0.6 is 0 Å². The van der Waals surface area contributed by atoms with Crippen LogP contribution in [0.1, 0.15) is 26.3 Å². The first-order chi connectivity index (χ1) is 9.39. The molecule has 2 rings (SSSR count). The lowest BCUT2D eigenvalue weighted by Crippen LogP contribution is -2.26. The number of fused-ring (bicyclic) bond motifs is 1. The molecule has 20 heavy (non-hydrogen) atoms. The number of para-hydroxylation sites is 1. The molecule has 0 atom stereocenters. The average Bonchev–Trinajstić information content (AvgIpc) is 2.61. The smallest absolute Gasteiger partial charge is 0.379 e. The molecule has 0 saturated heterocycles. The first-order valence-corrected chi connectivity index (χ1v) is 6.66. The number of hydrogen-bond acceptors (Lipinski definition) is 4. The second kappa shape index (κ2) is 5.12. The molecular formula is C16H19NO3. The predicted molar refractivity (Wildman–Crippen MR) is 77.6 cm³/mol. The van der Waals surface area contributed by atoms with Gasteiger partial charge in [-0.25, -0.2) is 4.79 Å². The minimum atomic E-state index is -0.805. The molecule has 0 unspecified atom stereocenters. The monoisotopic (exact) mass is 273 g/mol. The number of anilines is 1. The molecule has 0 radical (unpaired) electrons. The van der Waals surface area contributed by atoms with Crippen molar-refractivity contribution in [3.63, 3.8) is 0 Å². The number of nitrogens with zero attached hydrogens (tertiary/aromatic N) is 1. The molecule has 1 aliphatic heterocycles. The summed E-state index contributed by atoms with van der Waals surface area (Å²) in [5.41, 5.74) is 2.69. The first-order valence-electron chi connectivity index (χ1n) is 6.66. The van der Waals surface area contributed by atoms with Gasteiger partial charge in [-0.05, 0) is 18.6 Å². The largest absolute Gasteiger partial charge is 0.460 e. The summed E-state index contributed by atoms with van der Waals surface area (Å²) in [6, 6.07) is 7.99. The molecule has 0 saturated carbocycles. The van der Waals surface area contributed by atoms with Gasteiger partial charge in [-0.15, -0.1) is 0 Å². The van der Waals surface area contributed by atoms with E-state index in [1.807, 2.05) is 50.1 Å². The molecular weight excluding hydrogens is 254 g/mol. The molecule has 0 aromatic heterocycles. The maximum Gasteiger partial charge on any atom is 0.379 e. The van der Waals surface area contributed by atoms with Crippen LogP contribution in [-0.4, -0.2) is 25.4 Å². The molecule has 4 heteroatoms. The zero-order valence-electron chi connectivity index (χ0n) is 12.3. The second-order valence-corrected chi connectivity index (χ2v) is 5.32. The number of ketones is 1. The van der Waals surface area contributed by atoms with Crippen LogP contribution in [-0.2, 0) is 19.7 Å². The summed E-state index contributed by atoms with van der Waals surface area (Å²) in [7, 11) is 1.90. The number of benzene rings is 1. The first kappa shape index (κ1) is 14.3. The van der Waals surface area contributed by atoms with Gasteiger partial charge in [0.05, 0.1) is 6.61 Å². The van der Waals surface area contributed by atoms with Gasteiger partial charge >= 0.3 is 5.97 Å². The third-order valence-electron chi connectivity index (χ3n) is 3.68. The van der Waals surface area contributed by atoms with Gasteiger partial charge in [0.25, 0.3) is 5.78 Å². The van der Waals surface area contributed by atoms with Crippen molar-refractivity contribution >= 4 is 17.4 Å². The van der Waals surface area contributed by atoms with E-state index < -0.39 is 11.8 Å². The van der Waals surface area contributed by atoms with Crippen molar-refractivity contribution in [2.24, 2.45) is 0 Å². The van der Waals surface area contributed by atoms with E-state index >= 15 is 0 Å². The van der Waals surface area contributed by atoms with Gasteiger partial charge < -0.3 is 9.64 Å². The van der Waals surface area contributed by atoms with Crippen LogP contribution < -0.4 is 4.90 Å². The SMILES string of the molecule is CCOC(=O)C(=O)C=C1N(C)c2ccccc2C1(C)C. The summed E-state index contributed by atoms with van der Waals surface area (Å²) < 4.78 is 4.74. The van der Waals surface area contributed by atoms with E-state index in [0.717, 1.165) is 16.9 Å². The van der Waals surface area contributed by atoms with Gasteiger partial charge in [0.2, 0.25) is 0 Å². The highest BCUT2D eigenvalue weighted by Gasteiger charge is 2.39. The highest BCUT2D eigenvalue weighted by molar-refractivity contribution is 6.38. The Balaban J connectivity index is 2.40. The summed E-state index contributed by atoms with van der Waals surface area (Å²) in [6.45, 7) is 5.96. The number of ether oxygens (including phenoxy) is 1. The van der Waals surface area contributed by atoms with Crippen molar-refractivity contribution in [3.05, 3.63) is 41.6 Å². The Morgan fingerprint density at radius 3 is 2.55 bits per heavy atom. The van der Waals surface area contributed by atoms with E-state index in [-0.39, 0.29) is 12.0 Å². The van der Waals surface area contributed by atoms with Crippen LogP contribution in [0.5, 0.6) is 0 Å². The Hall–Kier alpha value is -2.10. The van der Waals surface area contributed by atoms with E-state index in [1.165, 1.54) is 6.08 Å². The molecule has 1 aliphatic rings. The van der Waals surface area contributed by atoms with Gasteiger partial charge in [-0.2, -0.15) is 0 Å². The minimum absolute atomic E-state index is 0.202. The van der Waals surface area contributed by atoms with Crippen molar-refractivity contribution in [2.45, 2.75) is 26.2 Å². The topological polar surface area (TPSA) is 46.6 Å². The Bertz CT molecular complexity index is 587. The second-order valence-electron chi connectivity index (χ2n) is 5.32. The van der Waals surface area contributed by atoms with Crippen molar-refractivity contribution < 1.29 is 14.3 Å². The molecule has 1 aromatic carbocycles. The molecule has 0 bridgehead atoms. The van der Waals surface area contributed by atoms with Crippen LogP contribution in [0.25, 0.3) is 0 Å². The molecule has 0 aliphatic carbocycles. The molecule has 1 heterocycles. The lowest BCUT2D eigenvalue weighted by atomic mass is 9.83. The van der Waals surface area contributed by atoms with Gasteiger partial charge in [0.1, 0.15) is 0 Å². The standard InChI is InChI=1S/C16H19NO3/c1-5-20-15(19)13(18)10-14-16(2,3)11-8-6-7-9-12(11)17(14)4/h6-10H,5H2,1-4H3. The Labute approximate surface area is 119 Å². The van der Waals surface area contributed by atoms with Crippen LogP contribution in [0.2, 0.25) is 0 Å². The fourth-order valence-electron chi connectivity index (χ4n) is 2.64.